The van der Waals surface area contributed by atoms with Crippen molar-refractivity contribution in [3.05, 3.63) is 96.6 Å². The van der Waals surface area contributed by atoms with Crippen molar-refractivity contribution < 1.29 is 4.79 Å². The minimum Gasteiger partial charge on any atom is -0.305 e. The molecule has 2 aromatic heterocycles. The van der Waals surface area contributed by atoms with Crippen molar-refractivity contribution in [2.24, 2.45) is 0 Å². The van der Waals surface area contributed by atoms with Gasteiger partial charge in [0, 0.05) is 18.0 Å². The molecule has 2 aromatic carbocycles. The number of nitrogens with one attached hydrogen (secondary N) is 1. The summed E-state index contributed by atoms with van der Waals surface area (Å²) in [5.41, 5.74) is 5.23. The molecule has 0 spiro atoms. The second kappa shape index (κ2) is 7.80. The molecule has 28 heavy (non-hydrogen) atoms. The van der Waals surface area contributed by atoms with Gasteiger partial charge in [-0.15, -0.1) is 0 Å². The lowest BCUT2D eigenvalue weighted by atomic mass is 10.0. The number of amides is 1. The van der Waals surface area contributed by atoms with Gasteiger partial charge in [0.2, 0.25) is 0 Å². The largest absolute Gasteiger partial charge is 0.305 e. The summed E-state index contributed by atoms with van der Waals surface area (Å²) in [4.78, 5) is 25.1. The molecule has 5 nitrogen and oxygen atoms in total. The Morgan fingerprint density at radius 2 is 1.64 bits per heavy atom. The van der Waals surface area contributed by atoms with Crippen LogP contribution in [0, 0.1) is 6.92 Å². The van der Waals surface area contributed by atoms with Gasteiger partial charge in [0.15, 0.2) is 0 Å². The third-order valence-electron chi connectivity index (χ3n) is 4.32. The number of nitrogens with zero attached hydrogens (tertiary/aromatic N) is 3. The molecule has 136 valence electrons. The van der Waals surface area contributed by atoms with Crippen LogP contribution >= 0.6 is 0 Å². The Bertz CT molecular complexity index is 1090. The number of benzene rings is 2. The van der Waals surface area contributed by atoms with Gasteiger partial charge in [0.1, 0.15) is 11.5 Å². The normalized spacial score (nSPS) is 10.5. The predicted molar refractivity (Wildman–Crippen MR) is 110 cm³/mol. The standard InChI is InChI=1S/C23H18N4O/c1-16-7-9-17(10-8-16)19-13-20(18-5-3-2-4-6-18)26-22(14-19)27-23(28)21-15-24-11-12-25-21/h2-15H,1H3,(H,26,27,28). The van der Waals surface area contributed by atoms with E-state index in [0.29, 0.717) is 5.82 Å². The fourth-order valence-electron chi connectivity index (χ4n) is 2.86. The van der Waals surface area contributed by atoms with Crippen molar-refractivity contribution in [1.82, 2.24) is 15.0 Å². The summed E-state index contributed by atoms with van der Waals surface area (Å²) < 4.78 is 0. The molecule has 5 heteroatoms. The topological polar surface area (TPSA) is 67.8 Å². The second-order valence-electron chi connectivity index (χ2n) is 6.40. The van der Waals surface area contributed by atoms with Gasteiger partial charge in [0.25, 0.3) is 5.91 Å². The smallest absolute Gasteiger partial charge is 0.277 e. The molecular formula is C23H18N4O. The number of hydrogen-bond acceptors (Lipinski definition) is 4. The molecule has 1 N–H and O–H groups in total. The first-order chi connectivity index (χ1) is 13.7. The van der Waals surface area contributed by atoms with E-state index in [2.05, 4.69) is 51.5 Å². The lowest BCUT2D eigenvalue weighted by molar-refractivity contribution is 0.102. The first-order valence-electron chi connectivity index (χ1n) is 8.91. The van der Waals surface area contributed by atoms with Crippen molar-refractivity contribution in [3.8, 4) is 22.4 Å². The van der Waals surface area contributed by atoms with E-state index in [1.54, 1.807) is 0 Å². The van der Waals surface area contributed by atoms with E-state index < -0.39 is 0 Å². The van der Waals surface area contributed by atoms with Gasteiger partial charge in [-0.2, -0.15) is 0 Å². The van der Waals surface area contributed by atoms with Crippen LogP contribution in [0.25, 0.3) is 22.4 Å². The molecule has 4 rings (SSSR count). The van der Waals surface area contributed by atoms with Crippen LogP contribution in [0.2, 0.25) is 0 Å². The Morgan fingerprint density at radius 3 is 2.36 bits per heavy atom. The molecule has 0 unspecified atom stereocenters. The summed E-state index contributed by atoms with van der Waals surface area (Å²) in [6, 6.07) is 22.0. The molecule has 1 amide bonds. The number of pyridine rings is 1. The Morgan fingerprint density at radius 1 is 0.857 bits per heavy atom. The highest BCUT2D eigenvalue weighted by molar-refractivity contribution is 6.02. The van der Waals surface area contributed by atoms with Gasteiger partial charge in [-0.25, -0.2) is 9.97 Å². The number of hydrogen-bond donors (Lipinski definition) is 1. The number of anilines is 1. The third kappa shape index (κ3) is 3.94. The molecule has 0 saturated carbocycles. The van der Waals surface area contributed by atoms with Crippen LogP contribution < -0.4 is 5.32 Å². The lowest BCUT2D eigenvalue weighted by Gasteiger charge is -2.11. The van der Waals surface area contributed by atoms with Crippen molar-refractivity contribution in [3.63, 3.8) is 0 Å². The highest BCUT2D eigenvalue weighted by Gasteiger charge is 2.12. The fraction of sp³-hybridized carbons (Fsp3) is 0.0435. The van der Waals surface area contributed by atoms with Gasteiger partial charge in [-0.1, -0.05) is 60.2 Å². The van der Waals surface area contributed by atoms with E-state index in [0.717, 1.165) is 22.4 Å². The fourth-order valence-corrected chi connectivity index (χ4v) is 2.86. The summed E-state index contributed by atoms with van der Waals surface area (Å²) in [6.07, 6.45) is 4.44. The predicted octanol–water partition coefficient (Wildman–Crippen LogP) is 4.77. The van der Waals surface area contributed by atoms with Gasteiger partial charge in [-0.3, -0.25) is 9.78 Å². The van der Waals surface area contributed by atoms with E-state index in [4.69, 9.17) is 0 Å². The van der Waals surface area contributed by atoms with Crippen LogP contribution in [0.4, 0.5) is 5.82 Å². The Hall–Kier alpha value is -3.86. The zero-order chi connectivity index (χ0) is 19.3. The highest BCUT2D eigenvalue weighted by atomic mass is 16.1. The molecule has 0 radical (unpaired) electrons. The van der Waals surface area contributed by atoms with E-state index in [1.165, 1.54) is 24.2 Å². The first kappa shape index (κ1) is 17.5. The van der Waals surface area contributed by atoms with E-state index in [9.17, 15) is 4.79 Å². The number of carbonyl (C=O) groups excluding carboxylic acids is 1. The molecule has 0 fully saturated rings. The van der Waals surface area contributed by atoms with Crippen LogP contribution in [0.3, 0.4) is 0 Å². The van der Waals surface area contributed by atoms with Crippen LogP contribution in [-0.2, 0) is 0 Å². The van der Waals surface area contributed by atoms with Crippen molar-refractivity contribution in [1.29, 1.82) is 0 Å². The van der Waals surface area contributed by atoms with Crippen LogP contribution in [0.15, 0.2) is 85.3 Å². The Kier molecular flexibility index (Phi) is 4.89. The summed E-state index contributed by atoms with van der Waals surface area (Å²) in [5.74, 6) is 0.119. The first-order valence-corrected chi connectivity index (χ1v) is 8.91. The number of carbonyl (C=O) groups is 1. The maximum Gasteiger partial charge on any atom is 0.277 e. The van der Waals surface area contributed by atoms with Crippen molar-refractivity contribution in [2.75, 3.05) is 5.32 Å². The van der Waals surface area contributed by atoms with Gasteiger partial charge in [0.05, 0.1) is 11.9 Å². The second-order valence-corrected chi connectivity index (χ2v) is 6.40. The average molecular weight is 366 g/mol. The van der Waals surface area contributed by atoms with Crippen molar-refractivity contribution in [2.45, 2.75) is 6.92 Å². The minimum absolute atomic E-state index is 0.242. The number of aryl methyl sites for hydroxylation is 1. The number of rotatable bonds is 4. The monoisotopic (exact) mass is 366 g/mol. The van der Waals surface area contributed by atoms with Crippen LogP contribution in [0.5, 0.6) is 0 Å². The van der Waals surface area contributed by atoms with Gasteiger partial charge >= 0.3 is 0 Å². The molecule has 0 bridgehead atoms. The van der Waals surface area contributed by atoms with Crippen LogP contribution in [-0.4, -0.2) is 20.9 Å². The van der Waals surface area contributed by atoms with E-state index in [1.807, 2.05) is 42.5 Å². The lowest BCUT2D eigenvalue weighted by Crippen LogP contribution is -2.15. The third-order valence-corrected chi connectivity index (χ3v) is 4.32. The van der Waals surface area contributed by atoms with Gasteiger partial charge in [-0.05, 0) is 30.2 Å². The maximum absolute atomic E-state index is 12.5. The average Bonchev–Trinajstić information content (AvgIpc) is 2.75. The van der Waals surface area contributed by atoms with Crippen LogP contribution in [0.1, 0.15) is 16.1 Å². The molecule has 2 heterocycles. The SMILES string of the molecule is Cc1ccc(-c2cc(NC(=O)c3cnccn3)nc(-c3ccccc3)c2)cc1. The summed E-state index contributed by atoms with van der Waals surface area (Å²) in [6.45, 7) is 2.05. The summed E-state index contributed by atoms with van der Waals surface area (Å²) in [5, 5.41) is 2.84. The van der Waals surface area contributed by atoms with Gasteiger partial charge < -0.3 is 5.32 Å². The minimum atomic E-state index is -0.347. The molecule has 0 aliphatic carbocycles. The summed E-state index contributed by atoms with van der Waals surface area (Å²) >= 11 is 0. The van der Waals surface area contributed by atoms with E-state index in [-0.39, 0.29) is 11.6 Å². The zero-order valence-corrected chi connectivity index (χ0v) is 15.3. The number of aromatic nitrogens is 3. The van der Waals surface area contributed by atoms with Crippen molar-refractivity contribution >= 4 is 11.7 Å². The molecule has 0 atom stereocenters. The summed E-state index contributed by atoms with van der Waals surface area (Å²) in [7, 11) is 0. The molecule has 0 aliphatic heterocycles. The molecular weight excluding hydrogens is 348 g/mol. The molecule has 4 aromatic rings. The zero-order valence-electron chi connectivity index (χ0n) is 15.3. The molecule has 0 aliphatic rings. The molecule has 0 saturated heterocycles. The van der Waals surface area contributed by atoms with E-state index >= 15 is 0 Å². The maximum atomic E-state index is 12.5. The Labute approximate surface area is 163 Å². The highest BCUT2D eigenvalue weighted by Crippen LogP contribution is 2.28. The Balaban J connectivity index is 1.75. The quantitative estimate of drug-likeness (QED) is 0.565.